The lowest BCUT2D eigenvalue weighted by Crippen LogP contribution is -2.46. The molecular formula is C17H25N3O2. The Labute approximate surface area is 132 Å². The van der Waals surface area contributed by atoms with Gasteiger partial charge in [-0.1, -0.05) is 25.1 Å². The van der Waals surface area contributed by atoms with Crippen LogP contribution in [0.25, 0.3) is 0 Å². The van der Waals surface area contributed by atoms with Crippen molar-refractivity contribution in [3.05, 3.63) is 29.8 Å². The van der Waals surface area contributed by atoms with Crippen LogP contribution < -0.4 is 10.2 Å². The van der Waals surface area contributed by atoms with Gasteiger partial charge in [-0.05, 0) is 38.6 Å². The standard InChI is InChI=1S/C17H25N3O2/c1-5-15(19(3)4)17(22)18-14-10-11-20(12(2)21)16-9-7-6-8-13(14)16/h6-9,14-15H,5,10-11H2,1-4H3,(H,18,22)/t14-,15-/m0/s1. The lowest BCUT2D eigenvalue weighted by atomic mass is 9.95. The summed E-state index contributed by atoms with van der Waals surface area (Å²) in [6.07, 6.45) is 1.51. The van der Waals surface area contributed by atoms with E-state index in [1.807, 2.05) is 50.2 Å². The molecule has 1 aliphatic rings. The van der Waals surface area contributed by atoms with Crippen LogP contribution in [0.4, 0.5) is 5.69 Å². The Bertz CT molecular complexity index is 557. The molecule has 0 spiro atoms. The molecule has 1 aliphatic heterocycles. The van der Waals surface area contributed by atoms with Crippen LogP contribution in [0.2, 0.25) is 0 Å². The monoisotopic (exact) mass is 303 g/mol. The fourth-order valence-electron chi connectivity index (χ4n) is 3.09. The minimum Gasteiger partial charge on any atom is -0.348 e. The molecule has 5 nitrogen and oxygen atoms in total. The quantitative estimate of drug-likeness (QED) is 0.925. The lowest BCUT2D eigenvalue weighted by molar-refractivity contribution is -0.126. The summed E-state index contributed by atoms with van der Waals surface area (Å²) in [5.74, 6) is 0.0838. The lowest BCUT2D eigenvalue weighted by Gasteiger charge is -2.35. The summed E-state index contributed by atoms with van der Waals surface area (Å²) in [5, 5.41) is 3.15. The number of likely N-dealkylation sites (N-methyl/N-ethyl adjacent to an activating group) is 1. The van der Waals surface area contributed by atoms with Crippen LogP contribution in [0.3, 0.4) is 0 Å². The predicted molar refractivity (Wildman–Crippen MR) is 87.7 cm³/mol. The maximum atomic E-state index is 12.5. The van der Waals surface area contributed by atoms with Crippen LogP contribution in [0.15, 0.2) is 24.3 Å². The van der Waals surface area contributed by atoms with Crippen molar-refractivity contribution in [2.75, 3.05) is 25.5 Å². The predicted octanol–water partition coefficient (Wildman–Crippen LogP) is 1.94. The van der Waals surface area contributed by atoms with Gasteiger partial charge in [0.2, 0.25) is 11.8 Å². The van der Waals surface area contributed by atoms with Crippen LogP contribution in [0.1, 0.15) is 38.3 Å². The van der Waals surface area contributed by atoms with Crippen molar-refractivity contribution in [1.82, 2.24) is 10.2 Å². The number of anilines is 1. The average molecular weight is 303 g/mol. The van der Waals surface area contributed by atoms with Gasteiger partial charge in [-0.15, -0.1) is 0 Å². The molecule has 0 aliphatic carbocycles. The number of nitrogens with zero attached hydrogens (tertiary/aromatic N) is 2. The molecule has 1 aromatic rings. The van der Waals surface area contributed by atoms with E-state index in [9.17, 15) is 9.59 Å². The van der Waals surface area contributed by atoms with Gasteiger partial charge in [-0.3, -0.25) is 14.5 Å². The van der Waals surface area contributed by atoms with Gasteiger partial charge in [0.15, 0.2) is 0 Å². The molecular weight excluding hydrogens is 278 g/mol. The first-order valence-corrected chi connectivity index (χ1v) is 7.79. The Morgan fingerprint density at radius 3 is 2.64 bits per heavy atom. The summed E-state index contributed by atoms with van der Waals surface area (Å²) >= 11 is 0. The number of carbonyl (C=O) groups excluding carboxylic acids is 2. The third-order valence-electron chi connectivity index (χ3n) is 4.25. The zero-order valence-electron chi connectivity index (χ0n) is 13.8. The topological polar surface area (TPSA) is 52.7 Å². The largest absolute Gasteiger partial charge is 0.348 e. The van der Waals surface area contributed by atoms with E-state index in [4.69, 9.17) is 0 Å². The Morgan fingerprint density at radius 1 is 1.36 bits per heavy atom. The van der Waals surface area contributed by atoms with Crippen LogP contribution in [0, 0.1) is 0 Å². The van der Waals surface area contributed by atoms with Gasteiger partial charge in [-0.2, -0.15) is 0 Å². The minimum absolute atomic E-state index is 0.0340. The fraction of sp³-hybridized carbons (Fsp3) is 0.529. The number of hydrogen-bond donors (Lipinski definition) is 1. The molecule has 0 bridgehead atoms. The molecule has 1 N–H and O–H groups in total. The van der Waals surface area contributed by atoms with Crippen LogP contribution in [-0.4, -0.2) is 43.4 Å². The molecule has 0 unspecified atom stereocenters. The maximum absolute atomic E-state index is 12.5. The Hall–Kier alpha value is -1.88. The van der Waals surface area contributed by atoms with E-state index >= 15 is 0 Å². The van der Waals surface area contributed by atoms with Crippen molar-refractivity contribution >= 4 is 17.5 Å². The van der Waals surface area contributed by atoms with Crippen LogP contribution >= 0.6 is 0 Å². The van der Waals surface area contributed by atoms with Crippen molar-refractivity contribution in [3.8, 4) is 0 Å². The fourth-order valence-corrected chi connectivity index (χ4v) is 3.09. The van der Waals surface area contributed by atoms with E-state index in [1.165, 1.54) is 0 Å². The second-order valence-corrected chi connectivity index (χ2v) is 5.97. The zero-order chi connectivity index (χ0) is 16.3. The van der Waals surface area contributed by atoms with Gasteiger partial charge in [0, 0.05) is 19.2 Å². The van der Waals surface area contributed by atoms with Crippen molar-refractivity contribution in [2.24, 2.45) is 0 Å². The first-order valence-electron chi connectivity index (χ1n) is 7.79. The first kappa shape index (κ1) is 16.5. The third kappa shape index (κ3) is 3.30. The summed E-state index contributed by atoms with van der Waals surface area (Å²) in [7, 11) is 3.83. The van der Waals surface area contributed by atoms with Gasteiger partial charge in [0.1, 0.15) is 0 Å². The van der Waals surface area contributed by atoms with Crippen LogP contribution in [0.5, 0.6) is 0 Å². The molecule has 120 valence electrons. The summed E-state index contributed by atoms with van der Waals surface area (Å²) < 4.78 is 0. The van der Waals surface area contributed by atoms with E-state index < -0.39 is 0 Å². The molecule has 5 heteroatoms. The molecule has 0 aromatic heterocycles. The number of carbonyl (C=O) groups is 2. The van der Waals surface area contributed by atoms with Gasteiger partial charge in [0.05, 0.1) is 12.1 Å². The molecule has 1 aromatic carbocycles. The molecule has 0 saturated heterocycles. The van der Waals surface area contributed by atoms with E-state index in [0.29, 0.717) is 6.54 Å². The van der Waals surface area contributed by atoms with E-state index in [0.717, 1.165) is 24.1 Å². The highest BCUT2D eigenvalue weighted by Crippen LogP contribution is 2.33. The summed E-state index contributed by atoms with van der Waals surface area (Å²) in [5.41, 5.74) is 1.93. The van der Waals surface area contributed by atoms with Crippen molar-refractivity contribution in [2.45, 2.75) is 38.8 Å². The number of benzene rings is 1. The molecule has 2 atom stereocenters. The van der Waals surface area contributed by atoms with E-state index in [1.54, 1.807) is 11.8 Å². The molecule has 22 heavy (non-hydrogen) atoms. The van der Waals surface area contributed by atoms with Crippen molar-refractivity contribution in [1.29, 1.82) is 0 Å². The van der Waals surface area contributed by atoms with E-state index in [2.05, 4.69) is 5.32 Å². The maximum Gasteiger partial charge on any atom is 0.237 e. The normalized spacial score (nSPS) is 18.8. The molecule has 0 fully saturated rings. The summed E-state index contributed by atoms with van der Waals surface area (Å²) in [6.45, 7) is 4.22. The average Bonchev–Trinajstić information content (AvgIpc) is 2.47. The highest BCUT2D eigenvalue weighted by Gasteiger charge is 2.29. The molecule has 1 heterocycles. The number of rotatable bonds is 4. The first-order chi connectivity index (χ1) is 10.5. The third-order valence-corrected chi connectivity index (χ3v) is 4.25. The Kier molecular flexibility index (Phi) is 5.19. The second-order valence-electron chi connectivity index (χ2n) is 5.97. The number of amides is 2. The van der Waals surface area contributed by atoms with Gasteiger partial charge in [-0.25, -0.2) is 0 Å². The summed E-state index contributed by atoms with van der Waals surface area (Å²) in [4.78, 5) is 28.0. The number of fused-ring (bicyclic) bond motifs is 1. The Balaban J connectivity index is 2.21. The molecule has 2 rings (SSSR count). The van der Waals surface area contributed by atoms with Gasteiger partial charge in [0.25, 0.3) is 0 Å². The number of hydrogen-bond acceptors (Lipinski definition) is 3. The van der Waals surface area contributed by atoms with E-state index in [-0.39, 0.29) is 23.9 Å². The molecule has 0 radical (unpaired) electrons. The summed E-state index contributed by atoms with van der Waals surface area (Å²) in [6, 6.07) is 7.65. The number of nitrogens with one attached hydrogen (secondary N) is 1. The minimum atomic E-state index is -0.127. The smallest absolute Gasteiger partial charge is 0.237 e. The zero-order valence-corrected chi connectivity index (χ0v) is 13.8. The second kappa shape index (κ2) is 6.92. The molecule has 0 saturated carbocycles. The SMILES string of the molecule is CC[C@@H](C(=O)N[C@H]1CCN(C(C)=O)c2ccccc21)N(C)C. The highest BCUT2D eigenvalue weighted by atomic mass is 16.2. The van der Waals surface area contributed by atoms with Gasteiger partial charge < -0.3 is 10.2 Å². The van der Waals surface area contributed by atoms with Crippen molar-refractivity contribution < 1.29 is 9.59 Å². The Morgan fingerprint density at radius 2 is 2.05 bits per heavy atom. The number of para-hydroxylation sites is 1. The van der Waals surface area contributed by atoms with Crippen LogP contribution in [-0.2, 0) is 9.59 Å². The molecule has 2 amide bonds. The van der Waals surface area contributed by atoms with Gasteiger partial charge >= 0.3 is 0 Å². The highest BCUT2D eigenvalue weighted by molar-refractivity contribution is 5.93. The van der Waals surface area contributed by atoms with Crippen molar-refractivity contribution in [3.63, 3.8) is 0 Å².